The van der Waals surface area contributed by atoms with Crippen molar-refractivity contribution in [2.24, 2.45) is 4.40 Å². The second-order valence-electron chi connectivity index (χ2n) is 3.64. The molecule has 0 unspecified atom stereocenters. The Kier molecular flexibility index (Phi) is 3.12. The molecule has 2 aromatic rings. The fraction of sp³-hybridized carbons (Fsp3) is 0.200. The number of pyridine rings is 1. The highest BCUT2D eigenvalue weighted by Crippen LogP contribution is 2.29. The van der Waals surface area contributed by atoms with E-state index in [9.17, 15) is 8.42 Å². The van der Waals surface area contributed by atoms with Gasteiger partial charge in [-0.2, -0.15) is 8.42 Å². The molecule has 0 radical (unpaired) electrons. The average molecular weight is 269 g/mol. The van der Waals surface area contributed by atoms with E-state index in [0.29, 0.717) is 0 Å². The number of fused-ring (bicyclic) bond motifs is 1. The first-order chi connectivity index (χ1) is 7.99. The molecule has 0 amide bonds. The van der Waals surface area contributed by atoms with Gasteiger partial charge in [0.2, 0.25) is 0 Å². The molecule has 90 valence electrons. The van der Waals surface area contributed by atoms with Crippen LogP contribution in [0.2, 0.25) is 0 Å². The van der Waals surface area contributed by atoms with Crippen molar-refractivity contribution < 1.29 is 8.42 Å². The minimum absolute atomic E-state index is 0.235. The van der Waals surface area contributed by atoms with E-state index in [1.807, 2.05) is 0 Å². The minimum Gasteiger partial charge on any atom is -0.368 e. The van der Waals surface area contributed by atoms with Crippen molar-refractivity contribution >= 4 is 37.8 Å². The molecule has 5 nitrogen and oxygen atoms in total. The molecule has 0 spiro atoms. The third-order valence-corrected chi connectivity index (χ3v) is 4.73. The summed E-state index contributed by atoms with van der Waals surface area (Å²) in [5.41, 5.74) is 0. The van der Waals surface area contributed by atoms with Gasteiger partial charge in [0.25, 0.3) is 10.0 Å². The summed E-state index contributed by atoms with van der Waals surface area (Å²) in [6.07, 6.45) is 4.56. The van der Waals surface area contributed by atoms with Crippen LogP contribution in [0, 0.1) is 0 Å². The Hall–Kier alpha value is -1.47. The van der Waals surface area contributed by atoms with Gasteiger partial charge in [-0.15, -0.1) is 15.7 Å². The third kappa shape index (κ3) is 2.62. The lowest BCUT2D eigenvalue weighted by Crippen LogP contribution is -2.09. The van der Waals surface area contributed by atoms with Crippen LogP contribution in [0.1, 0.15) is 0 Å². The first kappa shape index (κ1) is 12.0. The molecule has 0 aliphatic heterocycles. The molecule has 2 rings (SSSR count). The summed E-state index contributed by atoms with van der Waals surface area (Å²) in [6.45, 7) is 0. The summed E-state index contributed by atoms with van der Waals surface area (Å²) < 4.78 is 28.4. The van der Waals surface area contributed by atoms with Gasteiger partial charge in [-0.05, 0) is 17.5 Å². The average Bonchev–Trinajstić information content (AvgIpc) is 2.71. The zero-order valence-electron chi connectivity index (χ0n) is 9.36. The van der Waals surface area contributed by atoms with Gasteiger partial charge in [-0.25, -0.2) is 0 Å². The van der Waals surface area contributed by atoms with Crippen LogP contribution in [-0.4, -0.2) is 38.7 Å². The Balaban J connectivity index is 2.46. The normalized spacial score (nSPS) is 12.4. The lowest BCUT2D eigenvalue weighted by atomic mass is 10.3. The molecule has 0 atom stereocenters. The SMILES string of the molecule is CN(C)C=NS(=O)(=O)c1cc2ccncc2s1. The summed E-state index contributed by atoms with van der Waals surface area (Å²) >= 11 is 1.17. The molecular formula is C10H11N3O2S2. The van der Waals surface area contributed by atoms with Crippen LogP contribution in [0.4, 0.5) is 0 Å². The number of rotatable bonds is 3. The van der Waals surface area contributed by atoms with Crippen molar-refractivity contribution in [2.75, 3.05) is 14.1 Å². The molecule has 2 aromatic heterocycles. The molecule has 0 fully saturated rings. The fourth-order valence-corrected chi connectivity index (χ4v) is 3.47. The van der Waals surface area contributed by atoms with Gasteiger partial charge in [0.1, 0.15) is 10.5 Å². The van der Waals surface area contributed by atoms with Crippen LogP contribution in [0.5, 0.6) is 0 Å². The van der Waals surface area contributed by atoms with Gasteiger partial charge < -0.3 is 4.90 Å². The lowest BCUT2D eigenvalue weighted by molar-refractivity contribution is 0.596. The van der Waals surface area contributed by atoms with Crippen molar-refractivity contribution in [3.63, 3.8) is 0 Å². The molecule has 0 aliphatic rings. The lowest BCUT2D eigenvalue weighted by Gasteiger charge is -2.01. The van der Waals surface area contributed by atoms with Gasteiger partial charge in [-0.1, -0.05) is 0 Å². The Bertz CT molecular complexity index is 626. The Morgan fingerprint density at radius 2 is 2.24 bits per heavy atom. The van der Waals surface area contributed by atoms with E-state index in [-0.39, 0.29) is 4.21 Å². The standard InChI is InChI=1S/C10H11N3O2S2/c1-13(2)7-12-17(14,15)10-5-8-3-4-11-6-9(8)16-10/h3-7H,1-2H3. The smallest absolute Gasteiger partial charge is 0.293 e. The third-order valence-electron chi connectivity index (χ3n) is 1.97. The molecule has 0 saturated carbocycles. The summed E-state index contributed by atoms with van der Waals surface area (Å²) in [5.74, 6) is 0. The van der Waals surface area contributed by atoms with Crippen LogP contribution in [0.25, 0.3) is 10.1 Å². The van der Waals surface area contributed by atoms with Gasteiger partial charge in [0.15, 0.2) is 0 Å². The molecule has 0 N–H and O–H groups in total. The zero-order valence-corrected chi connectivity index (χ0v) is 11.0. The second kappa shape index (κ2) is 4.42. The highest BCUT2D eigenvalue weighted by Gasteiger charge is 2.15. The molecular weight excluding hydrogens is 258 g/mol. The highest BCUT2D eigenvalue weighted by molar-refractivity contribution is 7.92. The highest BCUT2D eigenvalue weighted by atomic mass is 32.2. The summed E-state index contributed by atoms with van der Waals surface area (Å²) in [5, 5.41) is 0.864. The molecule has 0 bridgehead atoms. The fourth-order valence-electron chi connectivity index (χ4n) is 1.20. The molecule has 0 aromatic carbocycles. The first-order valence-electron chi connectivity index (χ1n) is 4.79. The Morgan fingerprint density at radius 1 is 1.47 bits per heavy atom. The van der Waals surface area contributed by atoms with Gasteiger partial charge in [0.05, 0.1) is 4.70 Å². The van der Waals surface area contributed by atoms with Gasteiger partial charge >= 0.3 is 0 Å². The van der Waals surface area contributed by atoms with Crippen molar-refractivity contribution in [3.8, 4) is 0 Å². The van der Waals surface area contributed by atoms with E-state index >= 15 is 0 Å². The largest absolute Gasteiger partial charge is 0.368 e. The number of sulfonamides is 1. The zero-order chi connectivity index (χ0) is 12.5. The maximum absolute atomic E-state index is 11.9. The van der Waals surface area contributed by atoms with Gasteiger partial charge in [0, 0.05) is 26.5 Å². The second-order valence-corrected chi connectivity index (χ2v) is 6.58. The van der Waals surface area contributed by atoms with Crippen LogP contribution in [-0.2, 0) is 10.0 Å². The van der Waals surface area contributed by atoms with E-state index in [2.05, 4.69) is 9.38 Å². The van der Waals surface area contributed by atoms with Crippen LogP contribution >= 0.6 is 11.3 Å². The quantitative estimate of drug-likeness (QED) is 0.627. The molecule has 0 saturated heterocycles. The number of nitrogens with zero attached hydrogens (tertiary/aromatic N) is 3. The molecule has 7 heteroatoms. The predicted octanol–water partition coefficient (Wildman–Crippen LogP) is 1.57. The minimum atomic E-state index is -3.60. The van der Waals surface area contributed by atoms with E-state index in [1.54, 1.807) is 43.5 Å². The topological polar surface area (TPSA) is 62.6 Å². The van der Waals surface area contributed by atoms with E-state index in [0.717, 1.165) is 10.1 Å². The number of hydrogen-bond acceptors (Lipinski definition) is 4. The first-order valence-corrected chi connectivity index (χ1v) is 7.05. The van der Waals surface area contributed by atoms with Crippen molar-refractivity contribution in [1.82, 2.24) is 9.88 Å². The van der Waals surface area contributed by atoms with E-state index in [1.165, 1.54) is 17.7 Å². The van der Waals surface area contributed by atoms with Crippen LogP contribution in [0.3, 0.4) is 0 Å². The number of hydrogen-bond donors (Lipinski definition) is 0. The molecule has 17 heavy (non-hydrogen) atoms. The number of aromatic nitrogens is 1. The maximum atomic E-state index is 11.9. The summed E-state index contributed by atoms with van der Waals surface area (Å²) in [4.78, 5) is 5.53. The predicted molar refractivity (Wildman–Crippen MR) is 69.0 cm³/mol. The monoisotopic (exact) mass is 269 g/mol. The molecule has 2 heterocycles. The van der Waals surface area contributed by atoms with Crippen molar-refractivity contribution in [1.29, 1.82) is 0 Å². The molecule has 0 aliphatic carbocycles. The van der Waals surface area contributed by atoms with Crippen LogP contribution in [0.15, 0.2) is 33.1 Å². The summed E-state index contributed by atoms with van der Waals surface area (Å²) in [7, 11) is -0.166. The van der Waals surface area contributed by atoms with Crippen molar-refractivity contribution in [2.45, 2.75) is 4.21 Å². The van der Waals surface area contributed by atoms with Gasteiger partial charge in [-0.3, -0.25) is 4.98 Å². The van der Waals surface area contributed by atoms with E-state index < -0.39 is 10.0 Å². The Morgan fingerprint density at radius 3 is 2.88 bits per heavy atom. The Labute approximate surface area is 103 Å². The van der Waals surface area contributed by atoms with Crippen LogP contribution < -0.4 is 0 Å². The van der Waals surface area contributed by atoms with Crippen molar-refractivity contribution in [3.05, 3.63) is 24.5 Å². The summed E-state index contributed by atoms with van der Waals surface area (Å²) in [6, 6.07) is 3.39. The van der Waals surface area contributed by atoms with E-state index in [4.69, 9.17) is 0 Å². The number of thiophene rings is 1. The maximum Gasteiger partial charge on any atom is 0.293 e.